The van der Waals surface area contributed by atoms with Crippen molar-refractivity contribution in [1.82, 2.24) is 10.6 Å². The number of para-hydroxylation sites is 1. The predicted octanol–water partition coefficient (Wildman–Crippen LogP) is 1.41. The lowest BCUT2D eigenvalue weighted by Gasteiger charge is -2.37. The van der Waals surface area contributed by atoms with Crippen molar-refractivity contribution in [2.75, 3.05) is 51.1 Å². The standard InChI is InChI=1S/C20H32N4O3S/c1-21-19(22-16-20(28(2,25)26)10-13-27-14-11-20)23-17-7-6-12-24(15-17)18-8-4-3-5-9-18/h3-5,8-9,17H,6-7,10-16H2,1-2H3,(H2,21,22,23). The first-order chi connectivity index (χ1) is 13.4. The summed E-state index contributed by atoms with van der Waals surface area (Å²) in [6, 6.07) is 10.7. The third kappa shape index (κ3) is 4.97. The summed E-state index contributed by atoms with van der Waals surface area (Å²) in [7, 11) is -1.48. The van der Waals surface area contributed by atoms with Crippen LogP contribution in [0, 0.1) is 0 Å². The summed E-state index contributed by atoms with van der Waals surface area (Å²) in [4.78, 5) is 6.71. The molecule has 2 saturated heterocycles. The Morgan fingerprint density at radius 3 is 2.64 bits per heavy atom. The van der Waals surface area contributed by atoms with E-state index in [1.54, 1.807) is 7.05 Å². The van der Waals surface area contributed by atoms with Gasteiger partial charge in [0.2, 0.25) is 0 Å². The molecule has 2 fully saturated rings. The largest absolute Gasteiger partial charge is 0.381 e. The first-order valence-corrected chi connectivity index (χ1v) is 11.9. The second-order valence-corrected chi connectivity index (χ2v) is 10.2. The molecule has 0 amide bonds. The minimum Gasteiger partial charge on any atom is -0.381 e. The Hall–Kier alpha value is -1.80. The van der Waals surface area contributed by atoms with Crippen LogP contribution in [-0.2, 0) is 14.6 Å². The molecule has 7 nitrogen and oxygen atoms in total. The molecule has 0 saturated carbocycles. The highest BCUT2D eigenvalue weighted by Gasteiger charge is 2.42. The molecule has 3 rings (SSSR count). The van der Waals surface area contributed by atoms with Crippen LogP contribution < -0.4 is 15.5 Å². The van der Waals surface area contributed by atoms with Crippen LogP contribution in [0.5, 0.6) is 0 Å². The van der Waals surface area contributed by atoms with Crippen LogP contribution in [0.25, 0.3) is 0 Å². The molecule has 28 heavy (non-hydrogen) atoms. The Bertz CT molecular complexity index is 761. The Balaban J connectivity index is 1.59. The van der Waals surface area contributed by atoms with Gasteiger partial charge in [-0.05, 0) is 37.8 Å². The minimum atomic E-state index is -3.20. The third-order valence-corrected chi connectivity index (χ3v) is 8.00. The second kappa shape index (κ2) is 9.13. The number of guanidine groups is 1. The molecule has 1 aromatic carbocycles. The van der Waals surface area contributed by atoms with Crippen molar-refractivity contribution in [2.45, 2.75) is 36.5 Å². The first-order valence-electron chi connectivity index (χ1n) is 9.98. The lowest BCUT2D eigenvalue weighted by Crippen LogP contribution is -2.56. The fourth-order valence-corrected chi connectivity index (χ4v) is 5.27. The van der Waals surface area contributed by atoms with Crippen molar-refractivity contribution < 1.29 is 13.2 Å². The number of ether oxygens (including phenoxy) is 1. The van der Waals surface area contributed by atoms with Gasteiger partial charge in [-0.15, -0.1) is 0 Å². The average molecular weight is 409 g/mol. The van der Waals surface area contributed by atoms with Gasteiger partial charge in [0.05, 0.1) is 4.75 Å². The Labute approximate surface area is 168 Å². The second-order valence-electron chi connectivity index (χ2n) is 7.76. The highest BCUT2D eigenvalue weighted by molar-refractivity contribution is 7.92. The number of nitrogens with zero attached hydrogens (tertiary/aromatic N) is 2. The monoisotopic (exact) mass is 408 g/mol. The van der Waals surface area contributed by atoms with Gasteiger partial charge in [-0.25, -0.2) is 8.42 Å². The number of anilines is 1. The first kappa shape index (κ1) is 20.9. The average Bonchev–Trinajstić information content (AvgIpc) is 2.72. The highest BCUT2D eigenvalue weighted by atomic mass is 32.2. The normalized spacial score (nSPS) is 23.3. The number of benzene rings is 1. The van der Waals surface area contributed by atoms with Crippen LogP contribution >= 0.6 is 0 Å². The van der Waals surface area contributed by atoms with Crippen LogP contribution in [0.2, 0.25) is 0 Å². The Morgan fingerprint density at radius 1 is 1.29 bits per heavy atom. The molecule has 0 aliphatic carbocycles. The van der Waals surface area contributed by atoms with E-state index >= 15 is 0 Å². The van der Waals surface area contributed by atoms with Gasteiger partial charge in [0, 0.05) is 57.9 Å². The lowest BCUT2D eigenvalue weighted by atomic mass is 9.99. The molecule has 0 spiro atoms. The maximum Gasteiger partial charge on any atom is 0.191 e. The van der Waals surface area contributed by atoms with E-state index in [1.165, 1.54) is 11.9 Å². The van der Waals surface area contributed by atoms with Crippen molar-refractivity contribution in [3.63, 3.8) is 0 Å². The molecule has 2 aliphatic heterocycles. The molecule has 1 aromatic rings. The van der Waals surface area contributed by atoms with Gasteiger partial charge >= 0.3 is 0 Å². The molecule has 1 atom stereocenters. The zero-order valence-corrected chi connectivity index (χ0v) is 17.7. The third-order valence-electron chi connectivity index (χ3n) is 5.88. The van der Waals surface area contributed by atoms with Crippen LogP contribution in [0.4, 0.5) is 5.69 Å². The molecule has 156 valence electrons. The molecule has 1 unspecified atom stereocenters. The quantitative estimate of drug-likeness (QED) is 0.566. The maximum atomic E-state index is 12.4. The summed E-state index contributed by atoms with van der Waals surface area (Å²) in [5.41, 5.74) is 1.23. The minimum absolute atomic E-state index is 0.268. The lowest BCUT2D eigenvalue weighted by molar-refractivity contribution is 0.0756. The molecule has 2 N–H and O–H groups in total. The Morgan fingerprint density at radius 2 is 2.00 bits per heavy atom. The number of hydrogen-bond donors (Lipinski definition) is 2. The molecule has 0 radical (unpaired) electrons. The molecule has 2 heterocycles. The molecule has 0 bridgehead atoms. The van der Waals surface area contributed by atoms with Crippen LogP contribution in [0.15, 0.2) is 35.3 Å². The van der Waals surface area contributed by atoms with E-state index in [2.05, 4.69) is 44.8 Å². The van der Waals surface area contributed by atoms with Gasteiger partial charge in [-0.1, -0.05) is 18.2 Å². The van der Waals surface area contributed by atoms with E-state index < -0.39 is 14.6 Å². The van der Waals surface area contributed by atoms with Crippen molar-refractivity contribution in [1.29, 1.82) is 0 Å². The fraction of sp³-hybridized carbons (Fsp3) is 0.650. The van der Waals surface area contributed by atoms with Crippen LogP contribution in [0.1, 0.15) is 25.7 Å². The number of hydrogen-bond acceptors (Lipinski definition) is 5. The summed E-state index contributed by atoms with van der Waals surface area (Å²) in [6.45, 7) is 3.26. The summed E-state index contributed by atoms with van der Waals surface area (Å²) in [5.74, 6) is 0.662. The molecular weight excluding hydrogens is 376 g/mol. The van der Waals surface area contributed by atoms with E-state index in [0.717, 1.165) is 25.9 Å². The van der Waals surface area contributed by atoms with Crippen molar-refractivity contribution in [2.24, 2.45) is 4.99 Å². The van der Waals surface area contributed by atoms with Crippen molar-refractivity contribution in [3.05, 3.63) is 30.3 Å². The number of rotatable bonds is 5. The van der Waals surface area contributed by atoms with E-state index in [4.69, 9.17) is 4.74 Å². The zero-order chi connectivity index (χ0) is 20.0. The molecular formula is C20H32N4O3S. The summed E-state index contributed by atoms with van der Waals surface area (Å²) in [5, 5.41) is 6.76. The fourth-order valence-electron chi connectivity index (χ4n) is 4.02. The van der Waals surface area contributed by atoms with Gasteiger partial charge in [0.15, 0.2) is 15.8 Å². The SMILES string of the molecule is CN=C(NCC1(S(C)(=O)=O)CCOCC1)NC1CCCN(c2ccccc2)C1. The van der Waals surface area contributed by atoms with Crippen LogP contribution in [-0.4, -0.2) is 71.3 Å². The van der Waals surface area contributed by atoms with E-state index in [-0.39, 0.29) is 6.04 Å². The predicted molar refractivity (Wildman–Crippen MR) is 114 cm³/mol. The van der Waals surface area contributed by atoms with Gasteiger partial charge in [-0.3, -0.25) is 4.99 Å². The molecule has 0 aromatic heterocycles. The molecule has 2 aliphatic rings. The highest BCUT2D eigenvalue weighted by Crippen LogP contribution is 2.28. The number of aliphatic imine (C=N–C) groups is 1. The van der Waals surface area contributed by atoms with Gasteiger partial charge in [-0.2, -0.15) is 0 Å². The summed E-state index contributed by atoms with van der Waals surface area (Å²) < 4.78 is 29.5. The van der Waals surface area contributed by atoms with Gasteiger partial charge in [0.25, 0.3) is 0 Å². The van der Waals surface area contributed by atoms with E-state index in [0.29, 0.717) is 38.6 Å². The maximum absolute atomic E-state index is 12.4. The van der Waals surface area contributed by atoms with Gasteiger partial charge in [0.1, 0.15) is 0 Å². The smallest absolute Gasteiger partial charge is 0.191 e. The van der Waals surface area contributed by atoms with Crippen molar-refractivity contribution >= 4 is 21.5 Å². The van der Waals surface area contributed by atoms with E-state index in [1.807, 2.05) is 6.07 Å². The number of nitrogens with one attached hydrogen (secondary N) is 2. The van der Waals surface area contributed by atoms with Crippen LogP contribution in [0.3, 0.4) is 0 Å². The molecule has 8 heteroatoms. The van der Waals surface area contributed by atoms with Crippen molar-refractivity contribution in [3.8, 4) is 0 Å². The Kier molecular flexibility index (Phi) is 6.82. The number of sulfone groups is 1. The van der Waals surface area contributed by atoms with E-state index in [9.17, 15) is 8.42 Å². The summed E-state index contributed by atoms with van der Waals surface area (Å²) in [6.07, 6.45) is 4.53. The summed E-state index contributed by atoms with van der Waals surface area (Å²) >= 11 is 0. The topological polar surface area (TPSA) is 83.0 Å². The number of piperidine rings is 1. The zero-order valence-electron chi connectivity index (χ0n) is 16.9. The van der Waals surface area contributed by atoms with Gasteiger partial charge < -0.3 is 20.3 Å².